The first kappa shape index (κ1) is 19.6. The summed E-state index contributed by atoms with van der Waals surface area (Å²) in [4.78, 5) is 10.9. The van der Waals surface area contributed by atoms with Gasteiger partial charge in [0.25, 0.3) is 0 Å². The minimum Gasteiger partial charge on any atom is -0.459 e. The number of methoxy groups -OCH3 is 1. The Bertz CT molecular complexity index is 229. The summed E-state index contributed by atoms with van der Waals surface area (Å²) in [6.45, 7) is 2.79. The van der Waals surface area contributed by atoms with Gasteiger partial charge in [-0.15, -0.1) is 0 Å². The molecule has 1 aliphatic rings. The summed E-state index contributed by atoms with van der Waals surface area (Å²) in [5.41, 5.74) is 0. The van der Waals surface area contributed by atoms with Crippen LogP contribution in [0.15, 0.2) is 0 Å². The number of ether oxygens (including phenoxy) is 3. The summed E-state index contributed by atoms with van der Waals surface area (Å²) in [7, 11) is 1.38. The van der Waals surface area contributed by atoms with E-state index in [9.17, 15) is 9.90 Å². The van der Waals surface area contributed by atoms with Crippen LogP contribution < -0.4 is 0 Å². The minimum atomic E-state index is -1.05. The third-order valence-corrected chi connectivity index (χ3v) is 2.74. The molecule has 2 N–H and O–H groups in total. The number of rotatable bonds is 3. The molecule has 6 nitrogen and oxygen atoms in total. The molecule has 0 aliphatic carbocycles. The third-order valence-electron chi connectivity index (χ3n) is 2.74. The van der Waals surface area contributed by atoms with Gasteiger partial charge < -0.3 is 24.4 Å². The average molecular weight is 266 g/mol. The fourth-order valence-corrected chi connectivity index (χ4v) is 1.83. The zero-order valence-corrected chi connectivity index (χ0v) is 9.62. The van der Waals surface area contributed by atoms with Crippen LogP contribution in [0, 0.1) is 5.92 Å². The smallest absolute Gasteiger partial charge is 0.303 e. The lowest BCUT2D eigenvalue weighted by Crippen LogP contribution is -2.56. The standard InChI is InChI=1S/C10H18O6.2CH4/c1-5-7(4-11)16-10(14-3)8(13)9(5)15-6(2)12;;/h5,7-11,13H,4H2,1-3H3;2*1H4. The second-order valence-corrected chi connectivity index (χ2v) is 3.88. The third kappa shape index (κ3) is 4.20. The molecule has 18 heavy (non-hydrogen) atoms. The van der Waals surface area contributed by atoms with Gasteiger partial charge in [-0.05, 0) is 0 Å². The number of esters is 1. The van der Waals surface area contributed by atoms with Gasteiger partial charge >= 0.3 is 5.97 Å². The van der Waals surface area contributed by atoms with E-state index in [1.165, 1.54) is 14.0 Å². The summed E-state index contributed by atoms with van der Waals surface area (Å²) in [6, 6.07) is 0. The molecule has 0 spiro atoms. The van der Waals surface area contributed by atoms with Crippen molar-refractivity contribution in [1.29, 1.82) is 0 Å². The molecule has 6 heteroatoms. The van der Waals surface area contributed by atoms with E-state index < -0.39 is 30.6 Å². The molecule has 0 aromatic carbocycles. The Labute approximate surface area is 109 Å². The van der Waals surface area contributed by atoms with Crippen LogP contribution in [-0.2, 0) is 19.0 Å². The Balaban J connectivity index is 0. The highest BCUT2D eigenvalue weighted by molar-refractivity contribution is 5.66. The summed E-state index contributed by atoms with van der Waals surface area (Å²) >= 11 is 0. The molecule has 0 aromatic rings. The molecular weight excluding hydrogens is 240 g/mol. The monoisotopic (exact) mass is 266 g/mol. The molecule has 0 amide bonds. The Morgan fingerprint density at radius 3 is 2.33 bits per heavy atom. The summed E-state index contributed by atoms with van der Waals surface area (Å²) in [5.74, 6) is -0.778. The van der Waals surface area contributed by atoms with Crippen molar-refractivity contribution in [2.75, 3.05) is 13.7 Å². The van der Waals surface area contributed by atoms with E-state index in [1.54, 1.807) is 6.92 Å². The Kier molecular flexibility index (Phi) is 9.19. The van der Waals surface area contributed by atoms with Crippen LogP contribution in [-0.4, -0.2) is 54.5 Å². The van der Waals surface area contributed by atoms with Gasteiger partial charge in [-0.3, -0.25) is 4.79 Å². The maximum atomic E-state index is 10.9. The zero-order valence-electron chi connectivity index (χ0n) is 9.62. The SMILES string of the molecule is C.C.COC1OC(CO)C(C)C(OC(C)=O)C1O. The Morgan fingerprint density at radius 2 is 1.94 bits per heavy atom. The molecule has 1 aliphatic heterocycles. The Hall–Kier alpha value is -0.690. The first-order valence-electron chi connectivity index (χ1n) is 5.15. The number of hydrogen-bond acceptors (Lipinski definition) is 6. The molecule has 0 saturated carbocycles. The largest absolute Gasteiger partial charge is 0.459 e. The van der Waals surface area contributed by atoms with Crippen LogP contribution in [0.5, 0.6) is 0 Å². The second kappa shape index (κ2) is 8.42. The number of carbonyl (C=O) groups excluding carboxylic acids is 1. The topological polar surface area (TPSA) is 85.2 Å². The van der Waals surface area contributed by atoms with Crippen molar-refractivity contribution < 1.29 is 29.2 Å². The number of aliphatic hydroxyl groups excluding tert-OH is 2. The lowest BCUT2D eigenvalue weighted by Gasteiger charge is -2.41. The maximum Gasteiger partial charge on any atom is 0.303 e. The van der Waals surface area contributed by atoms with E-state index in [0.717, 1.165) is 0 Å². The van der Waals surface area contributed by atoms with E-state index >= 15 is 0 Å². The fourth-order valence-electron chi connectivity index (χ4n) is 1.83. The van der Waals surface area contributed by atoms with E-state index in [1.807, 2.05) is 0 Å². The highest BCUT2D eigenvalue weighted by Crippen LogP contribution is 2.28. The molecule has 1 rings (SSSR count). The van der Waals surface area contributed by atoms with Crippen LogP contribution in [0.1, 0.15) is 28.7 Å². The van der Waals surface area contributed by atoms with Crippen LogP contribution >= 0.6 is 0 Å². The van der Waals surface area contributed by atoms with E-state index in [-0.39, 0.29) is 27.4 Å². The normalized spacial score (nSPS) is 35.1. The Morgan fingerprint density at radius 1 is 1.39 bits per heavy atom. The highest BCUT2D eigenvalue weighted by atomic mass is 16.7. The lowest BCUT2D eigenvalue weighted by molar-refractivity contribution is -0.283. The molecule has 5 unspecified atom stereocenters. The average Bonchev–Trinajstić information content (AvgIpc) is 2.24. The highest BCUT2D eigenvalue weighted by Gasteiger charge is 2.44. The number of carbonyl (C=O) groups is 1. The molecule has 110 valence electrons. The fraction of sp³-hybridized carbons (Fsp3) is 0.917. The molecule has 1 heterocycles. The molecule has 5 atom stereocenters. The second-order valence-electron chi connectivity index (χ2n) is 3.88. The predicted molar refractivity (Wildman–Crippen MR) is 66.9 cm³/mol. The van der Waals surface area contributed by atoms with Crippen LogP contribution in [0.2, 0.25) is 0 Å². The van der Waals surface area contributed by atoms with Gasteiger partial charge in [-0.1, -0.05) is 21.8 Å². The molecular formula is C12H26O6. The number of aliphatic hydroxyl groups is 2. The van der Waals surface area contributed by atoms with Crippen LogP contribution in [0.25, 0.3) is 0 Å². The quantitative estimate of drug-likeness (QED) is 0.726. The van der Waals surface area contributed by atoms with Crippen LogP contribution in [0.3, 0.4) is 0 Å². The summed E-state index contributed by atoms with van der Waals surface area (Å²) in [5, 5.41) is 19.0. The van der Waals surface area contributed by atoms with Gasteiger partial charge in [0.05, 0.1) is 12.7 Å². The molecule has 0 aromatic heterocycles. The maximum absolute atomic E-state index is 10.9. The number of hydrogen-bond donors (Lipinski definition) is 2. The molecule has 1 saturated heterocycles. The predicted octanol–water partition coefficient (Wildman–Crippen LogP) is 0.551. The van der Waals surface area contributed by atoms with Crippen molar-refractivity contribution in [2.24, 2.45) is 5.92 Å². The van der Waals surface area contributed by atoms with Crippen molar-refractivity contribution >= 4 is 5.97 Å². The first-order valence-corrected chi connectivity index (χ1v) is 5.15. The van der Waals surface area contributed by atoms with Gasteiger partial charge in [-0.25, -0.2) is 0 Å². The van der Waals surface area contributed by atoms with Gasteiger partial charge in [0.1, 0.15) is 12.2 Å². The van der Waals surface area contributed by atoms with Gasteiger partial charge in [0.15, 0.2) is 6.29 Å². The minimum absolute atomic E-state index is 0. The van der Waals surface area contributed by atoms with Crippen molar-refractivity contribution in [3.63, 3.8) is 0 Å². The molecule has 1 fully saturated rings. The summed E-state index contributed by atoms with van der Waals surface area (Å²) < 4.78 is 15.2. The molecule has 0 radical (unpaired) electrons. The van der Waals surface area contributed by atoms with E-state index in [0.29, 0.717) is 0 Å². The van der Waals surface area contributed by atoms with E-state index in [2.05, 4.69) is 0 Å². The van der Waals surface area contributed by atoms with Gasteiger partial charge in [0, 0.05) is 20.0 Å². The van der Waals surface area contributed by atoms with Gasteiger partial charge in [-0.2, -0.15) is 0 Å². The lowest BCUT2D eigenvalue weighted by atomic mass is 9.91. The van der Waals surface area contributed by atoms with Crippen molar-refractivity contribution in [1.82, 2.24) is 0 Å². The zero-order chi connectivity index (χ0) is 12.3. The van der Waals surface area contributed by atoms with Crippen LogP contribution in [0.4, 0.5) is 0 Å². The van der Waals surface area contributed by atoms with Gasteiger partial charge in [0.2, 0.25) is 0 Å². The van der Waals surface area contributed by atoms with Crippen molar-refractivity contribution in [2.45, 2.75) is 53.3 Å². The van der Waals surface area contributed by atoms with Crippen molar-refractivity contribution in [3.8, 4) is 0 Å². The molecule has 0 bridgehead atoms. The first-order chi connectivity index (χ1) is 7.51. The van der Waals surface area contributed by atoms with Crippen molar-refractivity contribution in [3.05, 3.63) is 0 Å². The summed E-state index contributed by atoms with van der Waals surface area (Å²) in [6.07, 6.45) is -3.18. The van der Waals surface area contributed by atoms with E-state index in [4.69, 9.17) is 19.3 Å².